The minimum Gasteiger partial charge on any atom is -0.395 e. The molecule has 0 saturated heterocycles. The fourth-order valence-electron chi connectivity index (χ4n) is 0.390. The molecule has 8 heavy (non-hydrogen) atoms. The summed E-state index contributed by atoms with van der Waals surface area (Å²) in [4.78, 5) is 0. The quantitative estimate of drug-likeness (QED) is 0.614. The summed E-state index contributed by atoms with van der Waals surface area (Å²) in [6, 6.07) is 0. The second-order valence-corrected chi connectivity index (χ2v) is 2.61. The highest BCUT2D eigenvalue weighted by atomic mass is 35.5. The Kier molecular flexibility index (Phi) is 6.06. The van der Waals surface area contributed by atoms with Crippen LogP contribution in [0.25, 0.3) is 0 Å². The van der Waals surface area contributed by atoms with E-state index in [9.17, 15) is 0 Å². The van der Waals surface area contributed by atoms with Crippen molar-refractivity contribution >= 4 is 23.2 Å². The number of rotatable bonds is 4. The largest absolute Gasteiger partial charge is 0.395 e. The van der Waals surface area contributed by atoms with Gasteiger partial charge < -0.3 is 5.11 Å². The number of aliphatic hydroxyl groups excluding tert-OH is 1. The fourth-order valence-corrected chi connectivity index (χ4v) is 0.699. The van der Waals surface area contributed by atoms with Gasteiger partial charge in [0.2, 0.25) is 0 Å². The van der Waals surface area contributed by atoms with Crippen LogP contribution in [0.15, 0.2) is 0 Å². The van der Waals surface area contributed by atoms with Crippen LogP contribution in [0.1, 0.15) is 12.8 Å². The van der Waals surface area contributed by atoms with E-state index in [4.69, 9.17) is 28.3 Å². The number of halogens is 2. The predicted molar refractivity (Wildman–Crippen MR) is 36.7 cm³/mol. The summed E-state index contributed by atoms with van der Waals surface area (Å²) in [6.07, 6.45) is 1.69. The lowest BCUT2D eigenvalue weighted by atomic mass is 10.2. The molecule has 0 heterocycles. The van der Waals surface area contributed by atoms with Gasteiger partial charge in [0.15, 0.2) is 0 Å². The summed E-state index contributed by atoms with van der Waals surface area (Å²) in [7, 11) is 0. The summed E-state index contributed by atoms with van der Waals surface area (Å²) in [5.74, 6) is 0.628. The van der Waals surface area contributed by atoms with Crippen molar-refractivity contribution in [1.29, 1.82) is 0 Å². The Bertz CT molecular complexity index is 49.7. The highest BCUT2D eigenvalue weighted by Crippen LogP contribution is 2.04. The van der Waals surface area contributed by atoms with Gasteiger partial charge in [-0.3, -0.25) is 0 Å². The maximum Gasteiger partial charge on any atom is 0.0595 e. The minimum atomic E-state index is -0.103. The monoisotopic (exact) mass is 156 g/mol. The van der Waals surface area contributed by atoms with Crippen molar-refractivity contribution in [3.8, 4) is 0 Å². The van der Waals surface area contributed by atoms with E-state index in [1.54, 1.807) is 0 Å². The van der Waals surface area contributed by atoms with Crippen molar-refractivity contribution < 1.29 is 5.11 Å². The van der Waals surface area contributed by atoms with Gasteiger partial charge in [0, 0.05) is 5.88 Å². The summed E-state index contributed by atoms with van der Waals surface area (Å²) >= 11 is 10.9. The first-order valence-electron chi connectivity index (χ1n) is 2.62. The molecule has 0 aromatic heterocycles. The third-order valence-corrected chi connectivity index (χ3v) is 1.47. The topological polar surface area (TPSA) is 20.2 Å². The molecule has 0 aliphatic rings. The van der Waals surface area contributed by atoms with Crippen molar-refractivity contribution in [1.82, 2.24) is 0 Å². The van der Waals surface area contributed by atoms with Gasteiger partial charge in [-0.05, 0) is 12.8 Å². The third kappa shape index (κ3) is 4.69. The molecular weight excluding hydrogens is 147 g/mol. The van der Waals surface area contributed by atoms with Crippen LogP contribution >= 0.6 is 23.2 Å². The maximum absolute atomic E-state index is 8.39. The zero-order valence-electron chi connectivity index (χ0n) is 4.61. The number of alkyl halides is 2. The second kappa shape index (κ2) is 5.67. The Morgan fingerprint density at radius 1 is 1.50 bits per heavy atom. The van der Waals surface area contributed by atoms with Gasteiger partial charge in [0.05, 0.1) is 12.0 Å². The van der Waals surface area contributed by atoms with Crippen molar-refractivity contribution in [3.63, 3.8) is 0 Å². The highest BCUT2D eigenvalue weighted by molar-refractivity contribution is 6.20. The van der Waals surface area contributed by atoms with E-state index in [0.717, 1.165) is 12.8 Å². The van der Waals surface area contributed by atoms with E-state index in [1.807, 2.05) is 0 Å². The summed E-state index contributed by atoms with van der Waals surface area (Å²) in [5, 5.41) is 8.28. The Hall–Kier alpha value is 0.540. The lowest BCUT2D eigenvalue weighted by Gasteiger charge is -2.00. The van der Waals surface area contributed by atoms with Crippen LogP contribution in [0.5, 0.6) is 0 Å². The van der Waals surface area contributed by atoms with E-state index in [2.05, 4.69) is 0 Å². The highest BCUT2D eigenvalue weighted by Gasteiger charge is 1.99. The summed E-state index contributed by atoms with van der Waals surface area (Å²) in [6.45, 7) is 0.0540. The Morgan fingerprint density at radius 2 is 2.12 bits per heavy atom. The Balaban J connectivity index is 2.86. The Morgan fingerprint density at radius 3 is 2.50 bits per heavy atom. The van der Waals surface area contributed by atoms with Gasteiger partial charge in [-0.25, -0.2) is 0 Å². The molecule has 0 aromatic carbocycles. The third-order valence-electron chi connectivity index (χ3n) is 0.849. The molecule has 50 valence electrons. The molecule has 3 heteroatoms. The number of aliphatic hydroxyl groups is 1. The molecule has 1 unspecified atom stereocenters. The van der Waals surface area contributed by atoms with Gasteiger partial charge in [0.25, 0.3) is 0 Å². The van der Waals surface area contributed by atoms with Crippen LogP contribution in [-0.2, 0) is 0 Å². The fraction of sp³-hybridized carbons (Fsp3) is 1.00. The molecule has 0 spiro atoms. The van der Waals surface area contributed by atoms with Crippen LogP contribution in [0, 0.1) is 0 Å². The van der Waals surface area contributed by atoms with Crippen LogP contribution in [0.2, 0.25) is 0 Å². The molecule has 1 atom stereocenters. The van der Waals surface area contributed by atoms with E-state index in [1.165, 1.54) is 0 Å². The molecule has 0 saturated carbocycles. The SMILES string of the molecule is OCC(Cl)CCCCl. The normalized spacial score (nSPS) is 13.9. The molecule has 1 nitrogen and oxygen atoms in total. The zero-order chi connectivity index (χ0) is 6.41. The standard InChI is InChI=1S/C5H10Cl2O/c6-3-1-2-5(7)4-8/h5,8H,1-4H2. The smallest absolute Gasteiger partial charge is 0.0595 e. The molecule has 0 amide bonds. The summed E-state index contributed by atoms with van der Waals surface area (Å²) in [5.41, 5.74) is 0. The molecule has 0 radical (unpaired) electrons. The molecule has 0 aromatic rings. The van der Waals surface area contributed by atoms with E-state index < -0.39 is 0 Å². The summed E-state index contributed by atoms with van der Waals surface area (Å²) < 4.78 is 0. The zero-order valence-corrected chi connectivity index (χ0v) is 6.12. The van der Waals surface area contributed by atoms with Gasteiger partial charge in [-0.15, -0.1) is 23.2 Å². The van der Waals surface area contributed by atoms with Crippen molar-refractivity contribution in [2.45, 2.75) is 18.2 Å². The van der Waals surface area contributed by atoms with E-state index in [-0.39, 0.29) is 12.0 Å². The van der Waals surface area contributed by atoms with Crippen LogP contribution in [0.4, 0.5) is 0 Å². The first kappa shape index (κ1) is 8.54. The molecule has 0 bridgehead atoms. The number of hydrogen-bond acceptors (Lipinski definition) is 1. The molecule has 0 aliphatic heterocycles. The van der Waals surface area contributed by atoms with Gasteiger partial charge in [-0.1, -0.05) is 0 Å². The van der Waals surface area contributed by atoms with Crippen molar-refractivity contribution in [2.24, 2.45) is 0 Å². The second-order valence-electron chi connectivity index (χ2n) is 1.61. The Labute approximate surface area is 59.6 Å². The maximum atomic E-state index is 8.39. The first-order valence-corrected chi connectivity index (χ1v) is 3.59. The average Bonchev–Trinajstić information content (AvgIpc) is 1.83. The molecule has 0 fully saturated rings. The van der Waals surface area contributed by atoms with Crippen LogP contribution in [0.3, 0.4) is 0 Å². The van der Waals surface area contributed by atoms with Gasteiger partial charge in [-0.2, -0.15) is 0 Å². The van der Waals surface area contributed by atoms with Gasteiger partial charge in [0.1, 0.15) is 0 Å². The minimum absolute atomic E-state index is 0.0540. The lowest BCUT2D eigenvalue weighted by molar-refractivity contribution is 0.287. The van der Waals surface area contributed by atoms with Crippen LogP contribution < -0.4 is 0 Å². The van der Waals surface area contributed by atoms with E-state index in [0.29, 0.717) is 5.88 Å². The average molecular weight is 157 g/mol. The molecule has 0 aliphatic carbocycles. The van der Waals surface area contributed by atoms with Crippen molar-refractivity contribution in [2.75, 3.05) is 12.5 Å². The first-order chi connectivity index (χ1) is 3.81. The van der Waals surface area contributed by atoms with Crippen molar-refractivity contribution in [3.05, 3.63) is 0 Å². The predicted octanol–water partition coefficient (Wildman–Crippen LogP) is 1.61. The molecular formula is C5H10Cl2O. The molecule has 1 N–H and O–H groups in total. The van der Waals surface area contributed by atoms with Gasteiger partial charge >= 0.3 is 0 Å². The lowest BCUT2D eigenvalue weighted by Crippen LogP contribution is -2.03. The van der Waals surface area contributed by atoms with Crippen LogP contribution in [-0.4, -0.2) is 23.0 Å². The van der Waals surface area contributed by atoms with E-state index >= 15 is 0 Å². The number of hydrogen-bond donors (Lipinski definition) is 1. The molecule has 0 rings (SSSR count).